The second-order valence-electron chi connectivity index (χ2n) is 5.19. The number of nitrogens with one attached hydrogen (secondary N) is 1. The lowest BCUT2D eigenvalue weighted by molar-refractivity contribution is -0.207. The van der Waals surface area contributed by atoms with Crippen molar-refractivity contribution in [1.29, 1.82) is 0 Å². The summed E-state index contributed by atoms with van der Waals surface area (Å²) >= 11 is 0. The van der Waals surface area contributed by atoms with Crippen molar-refractivity contribution in [2.24, 2.45) is 0 Å². The fourth-order valence-electron chi connectivity index (χ4n) is 2.02. The van der Waals surface area contributed by atoms with Gasteiger partial charge in [0.15, 0.2) is 0 Å². The number of carboxylic acid groups (broad SMARTS) is 1. The molecule has 6 nitrogen and oxygen atoms in total. The monoisotopic (exact) mass is 310 g/mol. The van der Waals surface area contributed by atoms with E-state index in [1.807, 2.05) is 0 Å². The summed E-state index contributed by atoms with van der Waals surface area (Å²) in [5.41, 5.74) is -3.29. The molecule has 1 rings (SSSR count). The molecule has 1 heterocycles. The van der Waals surface area contributed by atoms with Crippen LogP contribution in [-0.2, 0) is 14.4 Å². The predicted octanol–water partition coefficient (Wildman–Crippen LogP) is 0.908. The van der Waals surface area contributed by atoms with E-state index in [9.17, 15) is 27.6 Å². The average molecular weight is 310 g/mol. The lowest BCUT2D eigenvalue weighted by Gasteiger charge is -2.31. The fourth-order valence-corrected chi connectivity index (χ4v) is 2.02. The molecule has 0 saturated carbocycles. The van der Waals surface area contributed by atoms with Crippen molar-refractivity contribution in [3.05, 3.63) is 0 Å². The molecule has 3 atom stereocenters. The van der Waals surface area contributed by atoms with E-state index >= 15 is 0 Å². The zero-order chi connectivity index (χ0) is 16.6. The molecule has 0 radical (unpaired) electrons. The van der Waals surface area contributed by atoms with Crippen LogP contribution in [0.5, 0.6) is 0 Å². The lowest BCUT2D eigenvalue weighted by atomic mass is 10.00. The van der Waals surface area contributed by atoms with Gasteiger partial charge >= 0.3 is 12.1 Å². The van der Waals surface area contributed by atoms with Crippen LogP contribution in [-0.4, -0.2) is 51.6 Å². The van der Waals surface area contributed by atoms with Gasteiger partial charge < -0.3 is 5.11 Å². The number of nitrogens with zero attached hydrogens (tertiary/aromatic N) is 1. The Labute approximate surface area is 119 Å². The smallest absolute Gasteiger partial charge is 0.417 e. The Morgan fingerprint density at radius 2 is 2.00 bits per heavy atom. The highest BCUT2D eigenvalue weighted by Crippen LogP contribution is 2.32. The maximum absolute atomic E-state index is 12.9. The normalized spacial score (nSPS) is 24.1. The number of carbonyl (C=O) groups is 3. The maximum atomic E-state index is 12.9. The van der Waals surface area contributed by atoms with Crippen LogP contribution in [0.4, 0.5) is 13.2 Å². The van der Waals surface area contributed by atoms with Crippen molar-refractivity contribution in [1.82, 2.24) is 10.2 Å². The fraction of sp³-hybridized carbons (Fsp3) is 0.750. The number of carboxylic acids is 1. The van der Waals surface area contributed by atoms with Gasteiger partial charge in [-0.15, -0.1) is 0 Å². The Balaban J connectivity index is 3.01. The molecule has 0 spiro atoms. The number of rotatable bonds is 5. The van der Waals surface area contributed by atoms with Gasteiger partial charge in [-0.2, -0.15) is 13.2 Å². The van der Waals surface area contributed by atoms with Gasteiger partial charge in [0.25, 0.3) is 0 Å². The molecular weight excluding hydrogens is 293 g/mol. The van der Waals surface area contributed by atoms with Gasteiger partial charge in [-0.25, -0.2) is 4.79 Å². The molecule has 1 fully saturated rings. The van der Waals surface area contributed by atoms with Gasteiger partial charge in [0.05, 0.1) is 12.5 Å². The van der Waals surface area contributed by atoms with Crippen LogP contribution < -0.4 is 5.32 Å². The summed E-state index contributed by atoms with van der Waals surface area (Å²) in [7, 11) is 0. The first kappa shape index (κ1) is 17.4. The number of halogens is 3. The Hall–Kier alpha value is -1.64. The largest absolute Gasteiger partial charge is 0.480 e. The van der Waals surface area contributed by atoms with E-state index in [1.165, 1.54) is 0 Å². The third kappa shape index (κ3) is 3.02. The topological polar surface area (TPSA) is 86.7 Å². The minimum atomic E-state index is -5.11. The van der Waals surface area contributed by atoms with Crippen molar-refractivity contribution in [2.45, 2.75) is 57.4 Å². The maximum Gasteiger partial charge on any atom is 0.417 e. The molecule has 0 aliphatic carbocycles. The zero-order valence-electron chi connectivity index (χ0n) is 11.8. The average Bonchev–Trinajstić information content (AvgIpc) is 2.61. The third-order valence-corrected chi connectivity index (χ3v) is 3.67. The van der Waals surface area contributed by atoms with Crippen molar-refractivity contribution < 1.29 is 32.7 Å². The van der Waals surface area contributed by atoms with Gasteiger partial charge in [0, 0.05) is 6.04 Å². The second-order valence-corrected chi connectivity index (χ2v) is 5.19. The predicted molar refractivity (Wildman–Crippen MR) is 65.2 cm³/mol. The standard InChI is InChI=1S/C12H17F3N2O4/c1-4-6(2)17-8(18)5-7(9(17)19)16-11(3,10(20)21)12(13,14)15/h6-7,16H,4-5H2,1-3H3,(H,20,21). The number of likely N-dealkylation sites (tertiary alicyclic amines) is 1. The summed E-state index contributed by atoms with van der Waals surface area (Å²) in [6.07, 6.45) is -5.13. The molecule has 0 aromatic rings. The highest BCUT2D eigenvalue weighted by Gasteiger charge is 2.60. The Bertz CT molecular complexity index is 466. The van der Waals surface area contributed by atoms with E-state index in [1.54, 1.807) is 19.2 Å². The first-order valence-corrected chi connectivity index (χ1v) is 6.39. The highest BCUT2D eigenvalue weighted by molar-refractivity contribution is 6.06. The second kappa shape index (κ2) is 5.63. The molecule has 21 heavy (non-hydrogen) atoms. The molecule has 1 aliphatic heterocycles. The summed E-state index contributed by atoms with van der Waals surface area (Å²) < 4.78 is 38.7. The molecule has 2 amide bonds. The van der Waals surface area contributed by atoms with Crippen LogP contribution in [0.2, 0.25) is 0 Å². The summed E-state index contributed by atoms with van der Waals surface area (Å²) in [6, 6.07) is -1.94. The molecule has 0 bridgehead atoms. The molecule has 1 aliphatic rings. The molecule has 120 valence electrons. The van der Waals surface area contributed by atoms with Gasteiger partial charge in [-0.3, -0.25) is 19.8 Å². The van der Waals surface area contributed by atoms with Crippen LogP contribution in [0.3, 0.4) is 0 Å². The van der Waals surface area contributed by atoms with E-state index in [0.29, 0.717) is 13.3 Å². The molecule has 0 aromatic carbocycles. The molecule has 3 unspecified atom stereocenters. The van der Waals surface area contributed by atoms with Gasteiger partial charge in [0.2, 0.25) is 17.4 Å². The number of carbonyl (C=O) groups excluding carboxylic acids is 2. The third-order valence-electron chi connectivity index (χ3n) is 3.67. The van der Waals surface area contributed by atoms with E-state index in [0.717, 1.165) is 4.90 Å². The van der Waals surface area contributed by atoms with E-state index < -0.39 is 48.0 Å². The SMILES string of the molecule is CCC(C)N1C(=O)CC(NC(C)(C(=O)O)C(F)(F)F)C1=O. The van der Waals surface area contributed by atoms with Crippen molar-refractivity contribution in [3.63, 3.8) is 0 Å². The number of alkyl halides is 3. The summed E-state index contributed by atoms with van der Waals surface area (Å²) in [5.74, 6) is -3.59. The van der Waals surface area contributed by atoms with E-state index in [4.69, 9.17) is 5.11 Å². The number of aliphatic carboxylic acids is 1. The van der Waals surface area contributed by atoms with Gasteiger partial charge in [0.1, 0.15) is 0 Å². The molecule has 1 saturated heterocycles. The van der Waals surface area contributed by atoms with Crippen LogP contribution in [0.15, 0.2) is 0 Å². The lowest BCUT2D eigenvalue weighted by Crippen LogP contribution is -2.64. The first-order valence-electron chi connectivity index (χ1n) is 6.39. The quantitative estimate of drug-likeness (QED) is 0.737. The van der Waals surface area contributed by atoms with Crippen molar-refractivity contribution >= 4 is 17.8 Å². The Kier molecular flexibility index (Phi) is 4.66. The number of hydrogen-bond acceptors (Lipinski definition) is 4. The summed E-state index contributed by atoms with van der Waals surface area (Å²) in [6.45, 7) is 3.75. The molecule has 2 N–H and O–H groups in total. The molecule has 9 heteroatoms. The first-order chi connectivity index (χ1) is 9.45. The summed E-state index contributed by atoms with van der Waals surface area (Å²) in [4.78, 5) is 35.6. The van der Waals surface area contributed by atoms with E-state index in [2.05, 4.69) is 0 Å². The van der Waals surface area contributed by atoms with Gasteiger partial charge in [-0.05, 0) is 20.3 Å². The Morgan fingerprint density at radius 1 is 1.48 bits per heavy atom. The number of hydrogen-bond donors (Lipinski definition) is 2. The highest BCUT2D eigenvalue weighted by atomic mass is 19.4. The minimum Gasteiger partial charge on any atom is -0.480 e. The Morgan fingerprint density at radius 3 is 2.38 bits per heavy atom. The van der Waals surface area contributed by atoms with Crippen molar-refractivity contribution in [2.75, 3.05) is 0 Å². The van der Waals surface area contributed by atoms with E-state index in [-0.39, 0.29) is 0 Å². The molecule has 0 aromatic heterocycles. The summed E-state index contributed by atoms with van der Waals surface area (Å²) in [5, 5.41) is 10.6. The minimum absolute atomic E-state index is 0.430. The van der Waals surface area contributed by atoms with Gasteiger partial charge in [-0.1, -0.05) is 6.92 Å². The van der Waals surface area contributed by atoms with Crippen LogP contribution in [0.25, 0.3) is 0 Å². The number of amides is 2. The number of imide groups is 1. The van der Waals surface area contributed by atoms with Crippen LogP contribution in [0.1, 0.15) is 33.6 Å². The van der Waals surface area contributed by atoms with Crippen molar-refractivity contribution in [3.8, 4) is 0 Å². The zero-order valence-corrected chi connectivity index (χ0v) is 11.8. The van der Waals surface area contributed by atoms with Crippen LogP contribution >= 0.6 is 0 Å². The van der Waals surface area contributed by atoms with Crippen LogP contribution in [0, 0.1) is 0 Å². The molecular formula is C12H17F3N2O4.